The van der Waals surface area contributed by atoms with Crippen LogP contribution < -0.4 is 5.32 Å². The van der Waals surface area contributed by atoms with Crippen molar-refractivity contribution in [3.05, 3.63) is 59.7 Å². The number of nitrogens with one attached hydrogen (secondary N) is 1. The lowest BCUT2D eigenvalue weighted by Crippen LogP contribution is -2.34. The molecule has 1 aromatic carbocycles. The lowest BCUT2D eigenvalue weighted by atomic mass is 9.93. The molecule has 1 N–H and O–H groups in total. The number of carbonyl (C=O) groups is 1. The van der Waals surface area contributed by atoms with Gasteiger partial charge in [0.05, 0.1) is 30.7 Å². The first-order valence-electron chi connectivity index (χ1n) is 8.83. The number of amides is 1. The number of rotatable bonds is 5. The fourth-order valence-corrected chi connectivity index (χ4v) is 3.84. The maximum absolute atomic E-state index is 13.9. The van der Waals surface area contributed by atoms with E-state index in [1.807, 2.05) is 12.1 Å². The van der Waals surface area contributed by atoms with Gasteiger partial charge in [0, 0.05) is 43.6 Å². The molecular weight excluding hydrogens is 335 g/mol. The molecule has 0 unspecified atom stereocenters. The number of ether oxygens (including phenoxy) is 1. The van der Waals surface area contributed by atoms with Gasteiger partial charge < -0.3 is 10.1 Å². The normalized spacial score (nSPS) is 25.2. The molecule has 1 aromatic heterocycles. The summed E-state index contributed by atoms with van der Waals surface area (Å²) in [5.41, 5.74) is 1.21. The van der Waals surface area contributed by atoms with Crippen LogP contribution in [0.1, 0.15) is 15.9 Å². The number of aromatic nitrogens is 2. The Morgan fingerprint density at radius 1 is 1.27 bits per heavy atom. The molecule has 3 atom stereocenters. The summed E-state index contributed by atoms with van der Waals surface area (Å²) >= 11 is 0. The van der Waals surface area contributed by atoms with E-state index in [2.05, 4.69) is 20.4 Å². The Morgan fingerprint density at radius 3 is 2.96 bits per heavy atom. The highest BCUT2D eigenvalue weighted by atomic mass is 19.1. The summed E-state index contributed by atoms with van der Waals surface area (Å²) in [6, 6.07) is 8.53. The smallest absolute Gasteiger partial charge is 0.252 e. The van der Waals surface area contributed by atoms with E-state index in [1.54, 1.807) is 12.1 Å². The Labute approximate surface area is 151 Å². The molecule has 0 spiro atoms. The largest absolute Gasteiger partial charge is 0.376 e. The Morgan fingerprint density at radius 2 is 2.15 bits per heavy atom. The van der Waals surface area contributed by atoms with Crippen molar-refractivity contribution in [2.45, 2.75) is 12.6 Å². The molecule has 2 aliphatic rings. The number of fused-ring (bicyclic) bond motifs is 1. The van der Waals surface area contributed by atoms with Gasteiger partial charge in [0.15, 0.2) is 0 Å². The van der Waals surface area contributed by atoms with Crippen LogP contribution in [0.5, 0.6) is 0 Å². The Kier molecular flexibility index (Phi) is 4.90. The minimum atomic E-state index is -0.166. The molecule has 2 aromatic rings. The molecule has 0 saturated carbocycles. The van der Waals surface area contributed by atoms with Gasteiger partial charge in [0.2, 0.25) is 0 Å². The van der Waals surface area contributed by atoms with Crippen molar-refractivity contribution in [3.63, 3.8) is 0 Å². The highest BCUT2D eigenvalue weighted by Crippen LogP contribution is 2.34. The zero-order valence-electron chi connectivity index (χ0n) is 14.3. The molecule has 4 rings (SSSR count). The standard InChI is InChI=1S/C19H21FN4O2/c20-17-4-2-1-3-14(17)9-24-10-16-15(12-26-18(16)11-24)7-21-19(25)13-5-6-22-23-8-13/h1-6,8,15-16,18H,7,9-12H2,(H,21,25)/t15-,16+,18+/m1/s1. The van der Waals surface area contributed by atoms with Crippen molar-refractivity contribution in [2.24, 2.45) is 11.8 Å². The topological polar surface area (TPSA) is 67.3 Å². The van der Waals surface area contributed by atoms with Crippen LogP contribution >= 0.6 is 0 Å². The van der Waals surface area contributed by atoms with Gasteiger partial charge in [-0.3, -0.25) is 9.69 Å². The van der Waals surface area contributed by atoms with E-state index in [-0.39, 0.29) is 23.7 Å². The summed E-state index contributed by atoms with van der Waals surface area (Å²) in [7, 11) is 0. The lowest BCUT2D eigenvalue weighted by Gasteiger charge is -2.20. The van der Waals surface area contributed by atoms with Crippen molar-refractivity contribution < 1.29 is 13.9 Å². The highest BCUT2D eigenvalue weighted by molar-refractivity contribution is 5.93. The zero-order chi connectivity index (χ0) is 17.9. The summed E-state index contributed by atoms with van der Waals surface area (Å²) in [5.74, 6) is 0.312. The first-order chi connectivity index (χ1) is 12.7. The van der Waals surface area contributed by atoms with Crippen LogP contribution in [0.3, 0.4) is 0 Å². The number of likely N-dealkylation sites (tertiary alicyclic amines) is 1. The molecule has 7 heteroatoms. The summed E-state index contributed by atoms with van der Waals surface area (Å²) < 4.78 is 19.8. The summed E-state index contributed by atoms with van der Waals surface area (Å²) in [6.45, 7) is 3.46. The predicted molar refractivity (Wildman–Crippen MR) is 92.8 cm³/mol. The molecule has 2 aliphatic heterocycles. The maximum Gasteiger partial charge on any atom is 0.252 e. The lowest BCUT2D eigenvalue weighted by molar-refractivity contribution is 0.0902. The fraction of sp³-hybridized carbons (Fsp3) is 0.421. The van der Waals surface area contributed by atoms with E-state index < -0.39 is 0 Å². The van der Waals surface area contributed by atoms with Crippen LogP contribution in [-0.2, 0) is 11.3 Å². The minimum absolute atomic E-state index is 0.149. The first kappa shape index (κ1) is 17.1. The zero-order valence-corrected chi connectivity index (χ0v) is 14.3. The Balaban J connectivity index is 1.32. The van der Waals surface area contributed by atoms with Gasteiger partial charge in [0.25, 0.3) is 5.91 Å². The monoisotopic (exact) mass is 356 g/mol. The second-order valence-electron chi connectivity index (χ2n) is 6.92. The Hall–Kier alpha value is -2.38. The van der Waals surface area contributed by atoms with E-state index >= 15 is 0 Å². The molecule has 2 saturated heterocycles. The third kappa shape index (κ3) is 3.59. The molecule has 0 bridgehead atoms. The average Bonchev–Trinajstić information content (AvgIpc) is 3.23. The van der Waals surface area contributed by atoms with Crippen molar-refractivity contribution in [1.82, 2.24) is 20.4 Å². The number of nitrogens with zero attached hydrogens (tertiary/aromatic N) is 3. The van der Waals surface area contributed by atoms with Gasteiger partial charge in [0.1, 0.15) is 5.82 Å². The minimum Gasteiger partial charge on any atom is -0.376 e. The summed E-state index contributed by atoms with van der Waals surface area (Å²) in [4.78, 5) is 14.4. The van der Waals surface area contributed by atoms with Gasteiger partial charge in [-0.05, 0) is 12.1 Å². The van der Waals surface area contributed by atoms with Gasteiger partial charge in [-0.25, -0.2) is 4.39 Å². The van der Waals surface area contributed by atoms with Crippen molar-refractivity contribution in [1.29, 1.82) is 0 Å². The van der Waals surface area contributed by atoms with Crippen LogP contribution in [0.15, 0.2) is 42.7 Å². The molecule has 2 fully saturated rings. The molecule has 0 radical (unpaired) electrons. The number of halogens is 1. The van der Waals surface area contributed by atoms with E-state index in [0.29, 0.717) is 36.7 Å². The molecule has 136 valence electrons. The number of hydrogen-bond donors (Lipinski definition) is 1. The number of benzene rings is 1. The molecule has 1 amide bonds. The third-order valence-corrected chi connectivity index (χ3v) is 5.24. The second-order valence-corrected chi connectivity index (χ2v) is 6.92. The van der Waals surface area contributed by atoms with Gasteiger partial charge in [-0.15, -0.1) is 0 Å². The van der Waals surface area contributed by atoms with Crippen LogP contribution in [0.2, 0.25) is 0 Å². The number of carbonyl (C=O) groups excluding carboxylic acids is 1. The van der Waals surface area contributed by atoms with Crippen molar-refractivity contribution >= 4 is 5.91 Å². The van der Waals surface area contributed by atoms with E-state index in [1.165, 1.54) is 18.5 Å². The van der Waals surface area contributed by atoms with Crippen molar-refractivity contribution in [3.8, 4) is 0 Å². The molecule has 0 aliphatic carbocycles. The predicted octanol–water partition coefficient (Wildman–Crippen LogP) is 1.49. The fourth-order valence-electron chi connectivity index (χ4n) is 3.84. The van der Waals surface area contributed by atoms with Crippen LogP contribution in [-0.4, -0.2) is 53.3 Å². The van der Waals surface area contributed by atoms with Gasteiger partial charge in [-0.1, -0.05) is 18.2 Å². The average molecular weight is 356 g/mol. The summed E-state index contributed by atoms with van der Waals surface area (Å²) in [5, 5.41) is 10.4. The van der Waals surface area contributed by atoms with Crippen molar-refractivity contribution in [2.75, 3.05) is 26.2 Å². The maximum atomic E-state index is 13.9. The van der Waals surface area contributed by atoms with Crippen LogP contribution in [0.25, 0.3) is 0 Å². The molecule has 3 heterocycles. The highest BCUT2D eigenvalue weighted by Gasteiger charge is 2.43. The van der Waals surface area contributed by atoms with Crippen LogP contribution in [0.4, 0.5) is 4.39 Å². The van der Waals surface area contributed by atoms with Gasteiger partial charge >= 0.3 is 0 Å². The molecular formula is C19H21FN4O2. The van der Waals surface area contributed by atoms with Crippen LogP contribution in [0, 0.1) is 17.7 Å². The quantitative estimate of drug-likeness (QED) is 0.879. The second kappa shape index (κ2) is 7.47. The summed E-state index contributed by atoms with van der Waals surface area (Å²) in [6.07, 6.45) is 3.11. The van der Waals surface area contributed by atoms with E-state index in [0.717, 1.165) is 13.1 Å². The first-order valence-corrected chi connectivity index (χ1v) is 8.83. The van der Waals surface area contributed by atoms with E-state index in [4.69, 9.17) is 4.74 Å². The molecule has 6 nitrogen and oxygen atoms in total. The third-order valence-electron chi connectivity index (χ3n) is 5.24. The SMILES string of the molecule is O=C(NC[C@@H]1CO[C@H]2CN(Cc3ccccc3F)C[C@@H]12)c1ccnnc1. The number of hydrogen-bond acceptors (Lipinski definition) is 5. The molecule has 26 heavy (non-hydrogen) atoms. The van der Waals surface area contributed by atoms with E-state index in [9.17, 15) is 9.18 Å². The van der Waals surface area contributed by atoms with Gasteiger partial charge in [-0.2, -0.15) is 10.2 Å². The Bertz CT molecular complexity index is 773.